The molecule has 1 fully saturated rings. The first-order chi connectivity index (χ1) is 8.22. The Morgan fingerprint density at radius 3 is 2.88 bits per heavy atom. The molecular formula is C12H16N2O3. The van der Waals surface area contributed by atoms with Crippen LogP contribution in [0.25, 0.3) is 0 Å². The van der Waals surface area contributed by atoms with Crippen LogP contribution in [0.4, 0.5) is 5.69 Å². The number of amides is 1. The summed E-state index contributed by atoms with van der Waals surface area (Å²) in [6.07, 6.45) is 0. The van der Waals surface area contributed by atoms with Gasteiger partial charge in [-0.2, -0.15) is 0 Å². The van der Waals surface area contributed by atoms with E-state index in [1.807, 2.05) is 12.1 Å². The number of nitrogens with one attached hydrogen (secondary N) is 1. The predicted octanol–water partition coefficient (Wildman–Crippen LogP) is 0.607. The number of benzene rings is 1. The number of hydrogen-bond donors (Lipinski definition) is 2. The highest BCUT2D eigenvalue weighted by molar-refractivity contribution is 5.94. The summed E-state index contributed by atoms with van der Waals surface area (Å²) in [5, 5.41) is 2.81. The van der Waals surface area contributed by atoms with Crippen LogP contribution in [0, 0.1) is 5.92 Å². The molecule has 3 N–H and O–H groups in total. The van der Waals surface area contributed by atoms with Crippen molar-refractivity contribution >= 4 is 11.6 Å². The number of hydrogen-bond acceptors (Lipinski definition) is 4. The lowest BCUT2D eigenvalue weighted by molar-refractivity contribution is -0.120. The molecule has 2 rings (SSSR count). The summed E-state index contributed by atoms with van der Waals surface area (Å²) in [7, 11) is 1.56. The van der Waals surface area contributed by atoms with Gasteiger partial charge >= 0.3 is 0 Å². The molecule has 1 aromatic rings. The van der Waals surface area contributed by atoms with Crippen LogP contribution in [0.15, 0.2) is 24.3 Å². The van der Waals surface area contributed by atoms with Gasteiger partial charge in [-0.3, -0.25) is 4.79 Å². The highest BCUT2D eigenvalue weighted by Crippen LogP contribution is 2.24. The van der Waals surface area contributed by atoms with Crippen molar-refractivity contribution in [1.29, 1.82) is 0 Å². The fourth-order valence-electron chi connectivity index (χ4n) is 1.81. The smallest absolute Gasteiger partial charge is 0.231 e. The molecule has 0 aromatic heterocycles. The molecule has 1 amide bonds. The van der Waals surface area contributed by atoms with Crippen molar-refractivity contribution in [2.75, 3.05) is 25.6 Å². The predicted molar refractivity (Wildman–Crippen MR) is 63.9 cm³/mol. The minimum absolute atomic E-state index is 0.125. The van der Waals surface area contributed by atoms with E-state index in [4.69, 9.17) is 15.2 Å². The topological polar surface area (TPSA) is 73.6 Å². The Morgan fingerprint density at radius 1 is 1.47 bits per heavy atom. The molecule has 5 heteroatoms. The molecule has 1 heterocycles. The highest BCUT2D eigenvalue weighted by Gasteiger charge is 2.31. The fraction of sp³-hybridized carbons (Fsp3) is 0.417. The maximum atomic E-state index is 12.0. The van der Waals surface area contributed by atoms with Crippen LogP contribution in [-0.4, -0.2) is 32.3 Å². The number of nitrogens with two attached hydrogens (primary N) is 1. The molecule has 0 bridgehead atoms. The molecule has 0 radical (unpaired) electrons. The van der Waals surface area contributed by atoms with Gasteiger partial charge < -0.3 is 20.5 Å². The number of carbonyl (C=O) groups excluding carboxylic acids is 1. The van der Waals surface area contributed by atoms with E-state index < -0.39 is 0 Å². The first-order valence-corrected chi connectivity index (χ1v) is 5.49. The van der Waals surface area contributed by atoms with Gasteiger partial charge in [0.1, 0.15) is 5.75 Å². The Balaban J connectivity index is 2.07. The third-order valence-corrected chi connectivity index (χ3v) is 2.83. The first-order valence-electron chi connectivity index (χ1n) is 5.49. The van der Waals surface area contributed by atoms with Crippen LogP contribution in [0.3, 0.4) is 0 Å². The van der Waals surface area contributed by atoms with E-state index >= 15 is 0 Å². The molecule has 17 heavy (non-hydrogen) atoms. The SMILES string of the molecule is COc1ccccc1NC(=O)C1COCC1N. The molecule has 92 valence electrons. The van der Waals surface area contributed by atoms with E-state index in [9.17, 15) is 4.79 Å². The normalized spacial score (nSPS) is 23.4. The van der Waals surface area contributed by atoms with Crippen molar-refractivity contribution in [3.8, 4) is 5.75 Å². The van der Waals surface area contributed by atoms with Gasteiger partial charge in [-0.05, 0) is 12.1 Å². The van der Waals surface area contributed by atoms with Crippen LogP contribution in [0.5, 0.6) is 5.75 Å². The van der Waals surface area contributed by atoms with Crippen molar-refractivity contribution in [1.82, 2.24) is 0 Å². The van der Waals surface area contributed by atoms with Crippen LogP contribution < -0.4 is 15.8 Å². The van der Waals surface area contributed by atoms with Crippen molar-refractivity contribution in [3.05, 3.63) is 24.3 Å². The lowest BCUT2D eigenvalue weighted by Crippen LogP contribution is -2.37. The second-order valence-electron chi connectivity index (χ2n) is 4.00. The molecule has 1 aliphatic rings. The van der Waals surface area contributed by atoms with Gasteiger partial charge in [0.2, 0.25) is 5.91 Å². The fourth-order valence-corrected chi connectivity index (χ4v) is 1.81. The third kappa shape index (κ3) is 2.57. The third-order valence-electron chi connectivity index (χ3n) is 2.83. The van der Waals surface area contributed by atoms with Gasteiger partial charge in [-0.15, -0.1) is 0 Å². The summed E-state index contributed by atoms with van der Waals surface area (Å²) in [6.45, 7) is 0.812. The van der Waals surface area contributed by atoms with Gasteiger partial charge in [-0.1, -0.05) is 12.1 Å². The minimum atomic E-state index is -0.292. The van der Waals surface area contributed by atoms with Crippen LogP contribution in [0.1, 0.15) is 0 Å². The zero-order valence-electron chi connectivity index (χ0n) is 9.68. The van der Waals surface area contributed by atoms with Crippen LogP contribution >= 0.6 is 0 Å². The van der Waals surface area contributed by atoms with Crippen molar-refractivity contribution in [3.63, 3.8) is 0 Å². The largest absolute Gasteiger partial charge is 0.495 e. The first kappa shape index (κ1) is 11.9. The van der Waals surface area contributed by atoms with Gasteiger partial charge in [0.25, 0.3) is 0 Å². The monoisotopic (exact) mass is 236 g/mol. The molecule has 1 aromatic carbocycles. The van der Waals surface area contributed by atoms with E-state index in [0.29, 0.717) is 24.7 Å². The van der Waals surface area contributed by atoms with Gasteiger partial charge in [0.15, 0.2) is 0 Å². The molecule has 0 saturated carbocycles. The average Bonchev–Trinajstić information content (AvgIpc) is 2.76. The Kier molecular flexibility index (Phi) is 3.61. The number of ether oxygens (including phenoxy) is 2. The summed E-state index contributed by atoms with van der Waals surface area (Å²) in [6, 6.07) is 7.03. The Hall–Kier alpha value is -1.59. The zero-order valence-corrected chi connectivity index (χ0v) is 9.68. The molecule has 2 atom stereocenters. The Morgan fingerprint density at radius 2 is 2.24 bits per heavy atom. The lowest BCUT2D eigenvalue weighted by Gasteiger charge is -2.15. The Labute approximate surface area is 99.9 Å². The standard InChI is InChI=1S/C12H16N2O3/c1-16-11-5-3-2-4-10(11)14-12(15)8-6-17-7-9(8)13/h2-5,8-9H,6-7,13H2,1H3,(H,14,15). The minimum Gasteiger partial charge on any atom is -0.495 e. The van der Waals surface area contributed by atoms with Crippen LogP contribution in [0.2, 0.25) is 0 Å². The molecule has 2 unspecified atom stereocenters. The number of anilines is 1. The van der Waals surface area contributed by atoms with Crippen molar-refractivity contribution in [2.24, 2.45) is 11.7 Å². The Bertz CT molecular complexity index is 408. The van der Waals surface area contributed by atoms with E-state index in [2.05, 4.69) is 5.32 Å². The van der Waals surface area contributed by atoms with Gasteiger partial charge in [0, 0.05) is 6.04 Å². The average molecular weight is 236 g/mol. The lowest BCUT2D eigenvalue weighted by atomic mass is 10.0. The highest BCUT2D eigenvalue weighted by atomic mass is 16.5. The number of rotatable bonds is 3. The number of methoxy groups -OCH3 is 1. The van der Waals surface area contributed by atoms with E-state index in [-0.39, 0.29) is 17.9 Å². The van der Waals surface area contributed by atoms with E-state index in [1.54, 1.807) is 19.2 Å². The van der Waals surface area contributed by atoms with Gasteiger partial charge in [0.05, 0.1) is 31.9 Å². The quantitative estimate of drug-likeness (QED) is 0.806. The maximum absolute atomic E-state index is 12.0. The number of carbonyl (C=O) groups is 1. The molecule has 5 nitrogen and oxygen atoms in total. The molecule has 0 aliphatic carbocycles. The van der Waals surface area contributed by atoms with Crippen molar-refractivity contribution < 1.29 is 14.3 Å². The second-order valence-corrected chi connectivity index (χ2v) is 4.00. The summed E-state index contributed by atoms with van der Waals surface area (Å²) < 4.78 is 10.3. The summed E-state index contributed by atoms with van der Waals surface area (Å²) >= 11 is 0. The summed E-state index contributed by atoms with van der Waals surface area (Å²) in [5.74, 6) is 0.216. The molecular weight excluding hydrogens is 220 g/mol. The van der Waals surface area contributed by atoms with E-state index in [1.165, 1.54) is 0 Å². The maximum Gasteiger partial charge on any atom is 0.231 e. The summed E-state index contributed by atoms with van der Waals surface area (Å²) in [4.78, 5) is 12.0. The molecule has 1 aliphatic heterocycles. The second kappa shape index (κ2) is 5.16. The summed E-state index contributed by atoms with van der Waals surface area (Å²) in [5.41, 5.74) is 6.44. The van der Waals surface area contributed by atoms with E-state index in [0.717, 1.165) is 0 Å². The van der Waals surface area contributed by atoms with Crippen LogP contribution in [-0.2, 0) is 9.53 Å². The molecule has 0 spiro atoms. The number of para-hydroxylation sites is 2. The van der Waals surface area contributed by atoms with Crippen molar-refractivity contribution in [2.45, 2.75) is 6.04 Å². The zero-order chi connectivity index (χ0) is 12.3. The molecule has 1 saturated heterocycles. The van der Waals surface area contributed by atoms with Gasteiger partial charge in [-0.25, -0.2) is 0 Å².